The molecular formula is C21H26N4O. The van der Waals surface area contributed by atoms with E-state index in [-0.39, 0.29) is 17.1 Å². The molecule has 136 valence electrons. The molecule has 0 aliphatic heterocycles. The van der Waals surface area contributed by atoms with Crippen LogP contribution < -0.4 is 0 Å². The van der Waals surface area contributed by atoms with Crippen LogP contribution in [0.4, 0.5) is 0 Å². The third-order valence-corrected chi connectivity index (χ3v) is 4.70. The molecule has 2 rings (SSSR count). The molecule has 0 radical (unpaired) electrons. The average molecular weight is 350 g/mol. The van der Waals surface area contributed by atoms with E-state index >= 15 is 0 Å². The Kier molecular flexibility index (Phi) is 5.73. The molecule has 0 amide bonds. The molecule has 1 atom stereocenters. The lowest BCUT2D eigenvalue weighted by Gasteiger charge is -2.25. The van der Waals surface area contributed by atoms with Gasteiger partial charge in [-0.25, -0.2) is 0 Å². The largest absolute Gasteiger partial charge is 0.505 e. The number of rotatable bonds is 4. The van der Waals surface area contributed by atoms with Crippen LogP contribution in [0.25, 0.3) is 5.76 Å². The lowest BCUT2D eigenvalue weighted by atomic mass is 9.80. The summed E-state index contributed by atoms with van der Waals surface area (Å²) in [5, 5.41) is 34.0. The number of aliphatic hydroxyl groups is 1. The summed E-state index contributed by atoms with van der Waals surface area (Å²) in [7, 11) is 0. The third-order valence-electron chi connectivity index (χ3n) is 4.70. The monoisotopic (exact) mass is 350 g/mol. The molecule has 5 heteroatoms. The molecule has 1 aromatic rings. The third kappa shape index (κ3) is 3.89. The highest BCUT2D eigenvalue weighted by Crippen LogP contribution is 2.34. The van der Waals surface area contributed by atoms with E-state index in [1.807, 2.05) is 6.92 Å². The van der Waals surface area contributed by atoms with Crippen LogP contribution in [0.1, 0.15) is 57.5 Å². The van der Waals surface area contributed by atoms with Gasteiger partial charge in [0.15, 0.2) is 5.76 Å². The van der Waals surface area contributed by atoms with Crippen molar-refractivity contribution in [2.24, 2.45) is 11.3 Å². The molecule has 0 fully saturated rings. The molecule has 1 aliphatic rings. The van der Waals surface area contributed by atoms with Crippen LogP contribution in [0, 0.1) is 40.9 Å². The van der Waals surface area contributed by atoms with Gasteiger partial charge in [0.05, 0.1) is 17.3 Å². The summed E-state index contributed by atoms with van der Waals surface area (Å²) in [4.78, 5) is 0. The lowest BCUT2D eigenvalue weighted by Crippen LogP contribution is -2.12. The summed E-state index contributed by atoms with van der Waals surface area (Å²) < 4.78 is 1.58. The van der Waals surface area contributed by atoms with E-state index in [1.54, 1.807) is 11.6 Å². The fourth-order valence-corrected chi connectivity index (χ4v) is 3.16. The molecule has 0 bridgehead atoms. The lowest BCUT2D eigenvalue weighted by molar-refractivity contribution is 0.483. The minimum atomic E-state index is -0.134. The summed E-state index contributed by atoms with van der Waals surface area (Å²) in [6.07, 6.45) is 7.70. The van der Waals surface area contributed by atoms with Crippen LogP contribution in [0.15, 0.2) is 29.4 Å². The van der Waals surface area contributed by atoms with Crippen LogP contribution in [0.2, 0.25) is 0 Å². The molecule has 0 saturated heterocycles. The summed E-state index contributed by atoms with van der Waals surface area (Å²) in [5.41, 5.74) is 2.90. The van der Waals surface area contributed by atoms with Gasteiger partial charge >= 0.3 is 0 Å². The van der Waals surface area contributed by atoms with E-state index in [0.717, 1.165) is 6.42 Å². The van der Waals surface area contributed by atoms with Crippen molar-refractivity contribution in [1.82, 2.24) is 9.78 Å². The van der Waals surface area contributed by atoms with Gasteiger partial charge in [0.25, 0.3) is 0 Å². The first-order valence-corrected chi connectivity index (χ1v) is 8.91. The Morgan fingerprint density at radius 2 is 2.08 bits per heavy atom. The first-order valence-electron chi connectivity index (χ1n) is 8.91. The smallest absolute Gasteiger partial charge is 0.155 e. The maximum absolute atomic E-state index is 10.7. The maximum atomic E-state index is 10.7. The molecule has 1 aromatic heterocycles. The van der Waals surface area contributed by atoms with Gasteiger partial charge in [-0.3, -0.25) is 4.68 Å². The Hall–Kier alpha value is -2.79. The molecule has 1 heterocycles. The van der Waals surface area contributed by atoms with Crippen molar-refractivity contribution in [2.45, 2.75) is 54.0 Å². The van der Waals surface area contributed by atoms with Crippen LogP contribution >= 0.6 is 0 Å². The van der Waals surface area contributed by atoms with E-state index in [0.29, 0.717) is 35.5 Å². The molecule has 1 unspecified atom stereocenters. The molecular weight excluding hydrogens is 324 g/mol. The van der Waals surface area contributed by atoms with E-state index in [9.17, 15) is 15.6 Å². The van der Waals surface area contributed by atoms with Gasteiger partial charge in [0.1, 0.15) is 17.3 Å². The Bertz CT molecular complexity index is 864. The predicted molar refractivity (Wildman–Crippen MR) is 102 cm³/mol. The van der Waals surface area contributed by atoms with Gasteiger partial charge in [0.2, 0.25) is 0 Å². The first kappa shape index (κ1) is 19.5. The zero-order chi connectivity index (χ0) is 19.5. The van der Waals surface area contributed by atoms with Gasteiger partial charge in [0, 0.05) is 6.54 Å². The Morgan fingerprint density at radius 1 is 1.38 bits per heavy atom. The summed E-state index contributed by atoms with van der Waals surface area (Å²) >= 11 is 0. The zero-order valence-electron chi connectivity index (χ0n) is 16.2. The topological polar surface area (TPSA) is 85.6 Å². The van der Waals surface area contributed by atoms with Crippen LogP contribution in [0.3, 0.4) is 0 Å². The molecule has 5 nitrogen and oxygen atoms in total. The van der Waals surface area contributed by atoms with E-state index < -0.39 is 0 Å². The molecule has 0 spiro atoms. The molecule has 1 aliphatic carbocycles. The number of aliphatic hydroxyl groups excluding tert-OH is 1. The Balaban J connectivity index is 2.33. The normalized spacial score (nSPS) is 18.0. The second-order valence-corrected chi connectivity index (χ2v) is 7.64. The molecule has 0 saturated carbocycles. The van der Waals surface area contributed by atoms with Crippen molar-refractivity contribution in [3.8, 4) is 12.1 Å². The summed E-state index contributed by atoms with van der Waals surface area (Å²) in [6.45, 7) is 10.7. The zero-order valence-corrected chi connectivity index (χ0v) is 16.2. The van der Waals surface area contributed by atoms with Crippen LogP contribution in [-0.2, 0) is 6.54 Å². The average Bonchev–Trinajstić information content (AvgIpc) is 2.94. The summed E-state index contributed by atoms with van der Waals surface area (Å²) in [6, 6.07) is 4.22. The highest BCUT2D eigenvalue weighted by molar-refractivity contribution is 5.68. The minimum Gasteiger partial charge on any atom is -0.505 e. The van der Waals surface area contributed by atoms with Crippen molar-refractivity contribution >= 4 is 5.76 Å². The van der Waals surface area contributed by atoms with Gasteiger partial charge < -0.3 is 5.11 Å². The second-order valence-electron chi connectivity index (χ2n) is 7.64. The number of hydrogen-bond acceptors (Lipinski definition) is 4. The fraction of sp³-hybridized carbons (Fsp3) is 0.476. The number of hydrogen-bond donors (Lipinski definition) is 1. The van der Waals surface area contributed by atoms with Crippen molar-refractivity contribution in [3.63, 3.8) is 0 Å². The van der Waals surface area contributed by atoms with Crippen molar-refractivity contribution in [1.29, 1.82) is 10.5 Å². The number of allylic oxidation sites excluding steroid dienone is 5. The minimum absolute atomic E-state index is 0.102. The van der Waals surface area contributed by atoms with Crippen LogP contribution in [-0.4, -0.2) is 14.9 Å². The van der Waals surface area contributed by atoms with Gasteiger partial charge in [-0.05, 0) is 43.6 Å². The van der Waals surface area contributed by atoms with Crippen molar-refractivity contribution in [2.75, 3.05) is 0 Å². The number of nitrogens with zero attached hydrogens (tertiary/aromatic N) is 4. The quantitative estimate of drug-likeness (QED) is 0.623. The van der Waals surface area contributed by atoms with Gasteiger partial charge in [-0.15, -0.1) is 0 Å². The van der Waals surface area contributed by atoms with Gasteiger partial charge in [-0.1, -0.05) is 39.0 Å². The maximum Gasteiger partial charge on any atom is 0.155 e. The molecule has 26 heavy (non-hydrogen) atoms. The highest BCUT2D eigenvalue weighted by Gasteiger charge is 2.23. The van der Waals surface area contributed by atoms with E-state index in [1.165, 1.54) is 5.57 Å². The second kappa shape index (κ2) is 7.62. The van der Waals surface area contributed by atoms with Crippen molar-refractivity contribution in [3.05, 3.63) is 46.3 Å². The van der Waals surface area contributed by atoms with E-state index in [4.69, 9.17) is 0 Å². The Labute approximate surface area is 155 Å². The Morgan fingerprint density at radius 3 is 2.54 bits per heavy atom. The van der Waals surface area contributed by atoms with Crippen LogP contribution in [0.5, 0.6) is 0 Å². The van der Waals surface area contributed by atoms with Gasteiger partial charge in [-0.2, -0.15) is 15.6 Å². The number of aryl methyl sites for hydroxylation is 2. The standard InChI is InChI=1S/C21H26N4O/c1-6-25-19(18(13-23)14(2)24-25)20(26)16(12-22)11-15-7-9-17(10-8-15)21(3,4)5/h7,9-10,15,26H,6,8,11H2,1-5H3/b20-16+. The summed E-state index contributed by atoms with van der Waals surface area (Å²) in [5.74, 6) is 0.0213. The fourth-order valence-electron chi connectivity index (χ4n) is 3.16. The highest BCUT2D eigenvalue weighted by atomic mass is 16.3. The first-order chi connectivity index (χ1) is 12.2. The van der Waals surface area contributed by atoms with Crippen molar-refractivity contribution < 1.29 is 5.11 Å². The van der Waals surface area contributed by atoms with E-state index in [2.05, 4.69) is 56.2 Å². The number of aromatic nitrogens is 2. The molecule has 0 aromatic carbocycles. The SMILES string of the molecule is CCn1nc(C)c(C#N)c1/C(O)=C(\C#N)CC1C=CC(C(C)(C)C)=CC1. The number of nitriles is 2. The molecule has 1 N–H and O–H groups in total. The predicted octanol–water partition coefficient (Wildman–Crippen LogP) is 4.81.